The summed E-state index contributed by atoms with van der Waals surface area (Å²) in [5, 5.41) is 1.98. The van der Waals surface area contributed by atoms with E-state index in [9.17, 15) is 0 Å². The van der Waals surface area contributed by atoms with Crippen molar-refractivity contribution in [1.29, 1.82) is 0 Å². The van der Waals surface area contributed by atoms with E-state index in [1.807, 2.05) is 0 Å². The molecule has 0 unspecified atom stereocenters. The lowest BCUT2D eigenvalue weighted by Gasteiger charge is -1.97. The Balaban J connectivity index is 3.83. The number of hydrogen-bond donors (Lipinski definition) is 0. The first-order valence-corrected chi connectivity index (χ1v) is 4.73. The molecule has 0 saturated heterocycles. The predicted octanol–water partition coefficient (Wildman–Crippen LogP) is 3.11. The zero-order valence-electron chi connectivity index (χ0n) is 5.17. The first kappa shape index (κ1) is 8.70. The van der Waals surface area contributed by atoms with E-state index in [4.69, 9.17) is 0 Å². The van der Waals surface area contributed by atoms with Crippen molar-refractivity contribution in [3.05, 3.63) is 11.1 Å². The van der Waals surface area contributed by atoms with Crippen LogP contribution in [0.4, 0.5) is 0 Å². The maximum absolute atomic E-state index is 3.38. The van der Waals surface area contributed by atoms with Crippen molar-refractivity contribution in [3.63, 3.8) is 0 Å². The molecule has 8 heavy (non-hydrogen) atoms. The summed E-state index contributed by atoms with van der Waals surface area (Å²) in [5.74, 6) is 0. The van der Waals surface area contributed by atoms with Crippen LogP contribution in [-0.4, -0.2) is 10.7 Å². The Labute approximate surface area is 67.6 Å². The van der Waals surface area contributed by atoms with Crippen LogP contribution in [0.25, 0.3) is 0 Å². The summed E-state index contributed by atoms with van der Waals surface area (Å²) in [4.78, 5) is 0. The molecule has 0 aliphatic rings. The summed E-state index contributed by atoms with van der Waals surface area (Å²) in [5.41, 5.74) is 2.84. The topological polar surface area (TPSA) is 0 Å². The summed E-state index contributed by atoms with van der Waals surface area (Å²) in [6.07, 6.45) is 0. The molecular formula is C6H10Br2. The van der Waals surface area contributed by atoms with Crippen LogP contribution in [0.5, 0.6) is 0 Å². The van der Waals surface area contributed by atoms with Crippen molar-refractivity contribution in [2.24, 2.45) is 0 Å². The average Bonchev–Trinajstić information content (AvgIpc) is 1.84. The number of halogens is 2. The van der Waals surface area contributed by atoms with Gasteiger partial charge in [-0.1, -0.05) is 43.0 Å². The molecule has 0 aromatic carbocycles. The monoisotopic (exact) mass is 240 g/mol. The molecule has 0 aliphatic heterocycles. The van der Waals surface area contributed by atoms with Gasteiger partial charge in [-0.15, -0.1) is 0 Å². The summed E-state index contributed by atoms with van der Waals surface area (Å²) in [6, 6.07) is 0. The second-order valence-corrected chi connectivity index (χ2v) is 2.95. The second kappa shape index (κ2) is 4.57. The van der Waals surface area contributed by atoms with Gasteiger partial charge in [0.1, 0.15) is 0 Å². The third kappa shape index (κ3) is 2.88. The van der Waals surface area contributed by atoms with Gasteiger partial charge in [-0.2, -0.15) is 0 Å². The van der Waals surface area contributed by atoms with Gasteiger partial charge < -0.3 is 0 Å². The van der Waals surface area contributed by atoms with Gasteiger partial charge >= 0.3 is 0 Å². The van der Waals surface area contributed by atoms with Crippen LogP contribution in [0.2, 0.25) is 0 Å². The molecule has 0 aromatic rings. The Morgan fingerprint density at radius 1 is 1.00 bits per heavy atom. The number of rotatable bonds is 2. The number of alkyl halides is 2. The molecule has 0 N–H and O–H groups in total. The summed E-state index contributed by atoms with van der Waals surface area (Å²) >= 11 is 6.75. The molecule has 0 rings (SSSR count). The summed E-state index contributed by atoms with van der Waals surface area (Å²) < 4.78 is 0. The minimum atomic E-state index is 0.991. The van der Waals surface area contributed by atoms with Crippen molar-refractivity contribution in [2.75, 3.05) is 10.7 Å². The SMILES string of the molecule is C/C(CBr)=C(/C)CBr. The van der Waals surface area contributed by atoms with Gasteiger partial charge in [-0.05, 0) is 13.8 Å². The van der Waals surface area contributed by atoms with Crippen molar-refractivity contribution < 1.29 is 0 Å². The van der Waals surface area contributed by atoms with Gasteiger partial charge in [0.2, 0.25) is 0 Å². The third-order valence-electron chi connectivity index (χ3n) is 1.13. The van der Waals surface area contributed by atoms with E-state index in [-0.39, 0.29) is 0 Å². The number of hydrogen-bond acceptors (Lipinski definition) is 0. The van der Waals surface area contributed by atoms with Gasteiger partial charge in [0.05, 0.1) is 0 Å². The summed E-state index contributed by atoms with van der Waals surface area (Å²) in [6.45, 7) is 4.26. The van der Waals surface area contributed by atoms with Crippen LogP contribution in [-0.2, 0) is 0 Å². The van der Waals surface area contributed by atoms with Crippen LogP contribution in [0.1, 0.15) is 13.8 Å². The Morgan fingerprint density at radius 2 is 1.25 bits per heavy atom. The Morgan fingerprint density at radius 3 is 1.38 bits per heavy atom. The van der Waals surface area contributed by atoms with Gasteiger partial charge in [0.15, 0.2) is 0 Å². The molecule has 0 radical (unpaired) electrons. The fourth-order valence-corrected chi connectivity index (χ4v) is 1.19. The first-order chi connectivity index (χ1) is 3.72. The normalized spacial score (nSPS) is 13.5. The standard InChI is InChI=1S/C6H10Br2/c1-5(3-7)6(2)4-8/h3-4H2,1-2H3/b6-5+. The van der Waals surface area contributed by atoms with Gasteiger partial charge in [-0.25, -0.2) is 0 Å². The van der Waals surface area contributed by atoms with Crippen LogP contribution in [0.15, 0.2) is 11.1 Å². The molecule has 48 valence electrons. The molecule has 0 heterocycles. The Hall–Kier alpha value is 0.700. The minimum Gasteiger partial charge on any atom is -0.0880 e. The first-order valence-electron chi connectivity index (χ1n) is 2.49. The Kier molecular flexibility index (Phi) is 4.97. The molecule has 0 amide bonds. The molecule has 0 nitrogen and oxygen atoms in total. The van der Waals surface area contributed by atoms with Gasteiger partial charge in [0, 0.05) is 10.7 Å². The minimum absolute atomic E-state index is 0.991. The van der Waals surface area contributed by atoms with E-state index in [0.29, 0.717) is 0 Å². The van der Waals surface area contributed by atoms with Crippen molar-refractivity contribution >= 4 is 31.9 Å². The molecule has 0 saturated carbocycles. The second-order valence-electron chi connectivity index (χ2n) is 1.83. The largest absolute Gasteiger partial charge is 0.0880 e. The van der Waals surface area contributed by atoms with Crippen LogP contribution in [0, 0.1) is 0 Å². The summed E-state index contributed by atoms with van der Waals surface area (Å²) in [7, 11) is 0. The van der Waals surface area contributed by atoms with E-state index < -0.39 is 0 Å². The molecule has 0 bridgehead atoms. The van der Waals surface area contributed by atoms with Crippen molar-refractivity contribution in [1.82, 2.24) is 0 Å². The lowest BCUT2D eigenvalue weighted by atomic mass is 10.2. The molecule has 0 fully saturated rings. The smallest absolute Gasteiger partial charge is 0.0241 e. The van der Waals surface area contributed by atoms with E-state index in [2.05, 4.69) is 45.7 Å². The highest BCUT2D eigenvalue weighted by Gasteiger charge is 1.90. The average molecular weight is 242 g/mol. The molecule has 0 aromatic heterocycles. The third-order valence-corrected chi connectivity index (χ3v) is 2.81. The zero-order valence-corrected chi connectivity index (χ0v) is 8.34. The van der Waals surface area contributed by atoms with E-state index in [0.717, 1.165) is 10.7 Å². The van der Waals surface area contributed by atoms with E-state index in [1.54, 1.807) is 0 Å². The van der Waals surface area contributed by atoms with Crippen molar-refractivity contribution in [2.45, 2.75) is 13.8 Å². The quantitative estimate of drug-likeness (QED) is 0.515. The molecule has 0 spiro atoms. The van der Waals surface area contributed by atoms with E-state index in [1.165, 1.54) is 11.1 Å². The zero-order chi connectivity index (χ0) is 6.57. The fraction of sp³-hybridized carbons (Fsp3) is 0.667. The van der Waals surface area contributed by atoms with Gasteiger partial charge in [0.25, 0.3) is 0 Å². The lowest BCUT2D eigenvalue weighted by molar-refractivity contribution is 1.26. The highest BCUT2D eigenvalue weighted by atomic mass is 79.9. The predicted molar refractivity (Wildman–Crippen MR) is 46.0 cm³/mol. The van der Waals surface area contributed by atoms with Crippen molar-refractivity contribution in [3.8, 4) is 0 Å². The molecular weight excluding hydrogens is 232 g/mol. The highest BCUT2D eigenvalue weighted by molar-refractivity contribution is 9.09. The van der Waals surface area contributed by atoms with Gasteiger partial charge in [-0.3, -0.25) is 0 Å². The molecule has 0 aliphatic carbocycles. The van der Waals surface area contributed by atoms with Crippen LogP contribution >= 0.6 is 31.9 Å². The maximum atomic E-state index is 3.38. The van der Waals surface area contributed by atoms with E-state index >= 15 is 0 Å². The molecule has 0 atom stereocenters. The maximum Gasteiger partial charge on any atom is 0.0241 e. The number of allylic oxidation sites excluding steroid dienone is 2. The van der Waals surface area contributed by atoms with Crippen LogP contribution in [0.3, 0.4) is 0 Å². The Bertz CT molecular complexity index is 82.7. The highest BCUT2D eigenvalue weighted by Crippen LogP contribution is 2.07. The lowest BCUT2D eigenvalue weighted by Crippen LogP contribution is -1.84. The van der Waals surface area contributed by atoms with Crippen LogP contribution < -0.4 is 0 Å². The fourth-order valence-electron chi connectivity index (χ4n) is 0.228. The molecule has 2 heteroatoms.